The average molecular weight is 494 g/mol. The van der Waals surface area contributed by atoms with Gasteiger partial charge in [-0.25, -0.2) is 4.72 Å². The van der Waals surface area contributed by atoms with Gasteiger partial charge in [0.05, 0.1) is 0 Å². The van der Waals surface area contributed by atoms with Gasteiger partial charge < -0.3 is 11.1 Å². The Morgan fingerprint density at radius 1 is 1.20 bits per heavy atom. The predicted molar refractivity (Wildman–Crippen MR) is 124 cm³/mol. The molecule has 4 rings (SSSR count). The fourth-order valence-corrected chi connectivity index (χ4v) is 7.26. The number of carbonyl (C=O) groups excluding carboxylic acids is 2. The molecule has 1 aromatic carbocycles. The second kappa shape index (κ2) is 8.47. The topological polar surface area (TPSA) is 84.2 Å². The van der Waals surface area contributed by atoms with E-state index < -0.39 is 11.0 Å². The molecule has 4 N–H and O–H groups in total. The zero-order chi connectivity index (χ0) is 21.5. The van der Waals surface area contributed by atoms with Gasteiger partial charge >= 0.3 is 0 Å². The third-order valence-electron chi connectivity index (χ3n) is 7.64. The van der Waals surface area contributed by atoms with Gasteiger partial charge in [0.2, 0.25) is 11.8 Å². The number of nitrogens with two attached hydrogens (primary N) is 1. The van der Waals surface area contributed by atoms with Crippen molar-refractivity contribution in [2.45, 2.75) is 75.3 Å². The Labute approximate surface area is 192 Å². The second-order valence-electron chi connectivity index (χ2n) is 9.98. The number of primary amides is 1. The lowest BCUT2D eigenvalue weighted by molar-refractivity contribution is -0.135. The Hall–Kier alpha value is -1.05. The lowest BCUT2D eigenvalue weighted by atomic mass is 9.57. The van der Waals surface area contributed by atoms with Crippen molar-refractivity contribution in [3.8, 4) is 0 Å². The van der Waals surface area contributed by atoms with Gasteiger partial charge in [-0.05, 0) is 103 Å². The van der Waals surface area contributed by atoms with Gasteiger partial charge in [0, 0.05) is 20.8 Å². The normalized spacial score (nSPS) is 34.6. The molecule has 5 unspecified atom stereocenters. The van der Waals surface area contributed by atoms with Crippen molar-refractivity contribution in [2.24, 2.45) is 28.9 Å². The van der Waals surface area contributed by atoms with Crippen LogP contribution in [-0.2, 0) is 9.59 Å². The van der Waals surface area contributed by atoms with E-state index in [0.29, 0.717) is 17.8 Å². The van der Waals surface area contributed by atoms with Crippen LogP contribution in [0.1, 0.15) is 58.8 Å². The Morgan fingerprint density at radius 3 is 2.57 bits per heavy atom. The minimum absolute atomic E-state index is 0.106. The van der Waals surface area contributed by atoms with Crippen molar-refractivity contribution >= 4 is 39.7 Å². The number of nitrogens with one attached hydrogen (secondary N) is 2. The molecule has 2 bridgehead atoms. The van der Waals surface area contributed by atoms with Crippen LogP contribution in [0.5, 0.6) is 0 Å². The van der Waals surface area contributed by atoms with Gasteiger partial charge in [-0.3, -0.25) is 9.59 Å². The Morgan fingerprint density at radius 2 is 1.93 bits per heavy atom. The third-order valence-corrected chi connectivity index (χ3v) is 9.66. The van der Waals surface area contributed by atoms with E-state index in [-0.39, 0.29) is 17.9 Å². The molecule has 30 heavy (non-hydrogen) atoms. The molecule has 0 radical (unpaired) electrons. The number of rotatable bonds is 6. The summed E-state index contributed by atoms with van der Waals surface area (Å²) >= 11 is 5.10. The van der Waals surface area contributed by atoms with Crippen molar-refractivity contribution in [1.82, 2.24) is 10.0 Å². The molecular weight excluding hydrogens is 462 g/mol. The van der Waals surface area contributed by atoms with Gasteiger partial charge in [-0.15, -0.1) is 0 Å². The van der Waals surface area contributed by atoms with Crippen LogP contribution in [0.25, 0.3) is 0 Å². The van der Waals surface area contributed by atoms with E-state index in [1.807, 2.05) is 31.2 Å². The smallest absolute Gasteiger partial charge is 0.241 e. The van der Waals surface area contributed by atoms with E-state index >= 15 is 0 Å². The maximum absolute atomic E-state index is 13.4. The largest absolute Gasteiger partial charge is 0.369 e. The van der Waals surface area contributed by atoms with Crippen molar-refractivity contribution in [3.05, 3.63) is 28.7 Å². The summed E-state index contributed by atoms with van der Waals surface area (Å²) in [6.07, 6.45) is 6.56. The van der Waals surface area contributed by atoms with Crippen LogP contribution < -0.4 is 15.8 Å². The number of hydrogen-bond donors (Lipinski definition) is 3. The second-order valence-corrected chi connectivity index (χ2v) is 11.7. The first-order chi connectivity index (χ1) is 14.2. The van der Waals surface area contributed by atoms with E-state index in [4.69, 9.17) is 5.73 Å². The molecule has 5 atom stereocenters. The fourth-order valence-electron chi connectivity index (χ4n) is 5.82. The molecule has 3 aliphatic carbocycles. The van der Waals surface area contributed by atoms with Crippen LogP contribution >= 0.6 is 27.9 Å². The van der Waals surface area contributed by atoms with E-state index in [0.717, 1.165) is 54.3 Å². The molecule has 7 heteroatoms. The highest BCUT2D eigenvalue weighted by molar-refractivity contribution is 9.10. The molecule has 3 fully saturated rings. The molecular formula is C23H32BrN3O2S. The maximum atomic E-state index is 13.4. The molecule has 0 heterocycles. The highest BCUT2D eigenvalue weighted by atomic mass is 79.9. The molecule has 0 saturated heterocycles. The highest BCUT2D eigenvalue weighted by Gasteiger charge is 2.51. The standard InChI is InChI=1S/C23H32BrN3O2S/c1-14-10-15-11-16(13-22(2,12-15)20(25)28)19(14)26-21(29)23(8-5-9-23)27-30-18-7-4-3-6-17(18)24/h3-4,6-7,14-16,19,27H,5,8-13H2,1-2H3,(H2,25,28)(H,26,29). The van der Waals surface area contributed by atoms with Gasteiger partial charge in [0.1, 0.15) is 5.54 Å². The van der Waals surface area contributed by atoms with Crippen LogP contribution in [0.4, 0.5) is 0 Å². The first kappa shape index (κ1) is 22.2. The van der Waals surface area contributed by atoms with E-state index in [9.17, 15) is 9.59 Å². The van der Waals surface area contributed by atoms with Crippen LogP contribution in [0.3, 0.4) is 0 Å². The molecule has 0 spiro atoms. The van der Waals surface area contributed by atoms with Crippen molar-refractivity contribution in [1.29, 1.82) is 0 Å². The Bertz CT molecular complexity index is 828. The summed E-state index contributed by atoms with van der Waals surface area (Å²) in [5.41, 5.74) is 4.79. The number of fused-ring (bicyclic) bond motifs is 2. The van der Waals surface area contributed by atoms with E-state index in [1.54, 1.807) is 0 Å². The molecule has 2 amide bonds. The van der Waals surface area contributed by atoms with Crippen LogP contribution in [-0.4, -0.2) is 23.4 Å². The van der Waals surface area contributed by atoms with Crippen molar-refractivity contribution < 1.29 is 9.59 Å². The zero-order valence-corrected chi connectivity index (χ0v) is 20.2. The molecule has 3 aliphatic rings. The fraction of sp³-hybridized carbons (Fsp3) is 0.652. The summed E-state index contributed by atoms with van der Waals surface area (Å²) in [6, 6.07) is 8.15. The summed E-state index contributed by atoms with van der Waals surface area (Å²) in [6.45, 7) is 4.25. The monoisotopic (exact) mass is 493 g/mol. The molecule has 0 aromatic heterocycles. The molecule has 164 valence electrons. The van der Waals surface area contributed by atoms with Gasteiger partial charge in [-0.1, -0.05) is 26.0 Å². The zero-order valence-electron chi connectivity index (χ0n) is 17.7. The quantitative estimate of drug-likeness (QED) is 0.512. The lowest BCUT2D eigenvalue weighted by Crippen LogP contribution is -2.63. The molecule has 3 saturated carbocycles. The highest BCUT2D eigenvalue weighted by Crippen LogP contribution is 2.50. The van der Waals surface area contributed by atoms with Crippen LogP contribution in [0, 0.1) is 23.2 Å². The third kappa shape index (κ3) is 4.17. The lowest BCUT2D eigenvalue weighted by Gasteiger charge is -2.51. The summed E-state index contributed by atoms with van der Waals surface area (Å²) < 4.78 is 4.51. The molecule has 5 nitrogen and oxygen atoms in total. The number of benzene rings is 1. The van der Waals surface area contributed by atoms with Gasteiger partial charge in [0.15, 0.2) is 0 Å². The Kier molecular flexibility index (Phi) is 6.26. The summed E-state index contributed by atoms with van der Waals surface area (Å²) in [5, 5.41) is 3.42. The average Bonchev–Trinajstić information content (AvgIpc) is 2.65. The number of halogens is 1. The Balaban J connectivity index is 1.45. The first-order valence-corrected chi connectivity index (χ1v) is 12.6. The van der Waals surface area contributed by atoms with Crippen molar-refractivity contribution in [2.75, 3.05) is 0 Å². The SMILES string of the molecule is CC1CC2CC(CC(C)(C(N)=O)C2)C1NC(=O)C1(NSc2ccccc2Br)CCC1. The van der Waals surface area contributed by atoms with Crippen molar-refractivity contribution in [3.63, 3.8) is 0 Å². The van der Waals surface area contributed by atoms with E-state index in [1.165, 1.54) is 11.9 Å². The molecule has 1 aromatic rings. The summed E-state index contributed by atoms with van der Waals surface area (Å²) in [7, 11) is 0. The number of hydrogen-bond acceptors (Lipinski definition) is 4. The number of amides is 2. The maximum Gasteiger partial charge on any atom is 0.241 e. The number of carbonyl (C=O) groups is 2. The summed E-state index contributed by atoms with van der Waals surface area (Å²) in [4.78, 5) is 26.6. The first-order valence-electron chi connectivity index (χ1n) is 11.0. The van der Waals surface area contributed by atoms with Crippen LogP contribution in [0.15, 0.2) is 33.6 Å². The molecule has 0 aliphatic heterocycles. The minimum Gasteiger partial charge on any atom is -0.369 e. The van der Waals surface area contributed by atoms with Gasteiger partial charge in [-0.2, -0.15) is 0 Å². The predicted octanol–water partition coefficient (Wildman–Crippen LogP) is 4.40. The van der Waals surface area contributed by atoms with E-state index in [2.05, 4.69) is 32.9 Å². The van der Waals surface area contributed by atoms with Crippen LogP contribution in [0.2, 0.25) is 0 Å². The summed E-state index contributed by atoms with van der Waals surface area (Å²) in [5.74, 6) is 1.19. The van der Waals surface area contributed by atoms with Gasteiger partial charge in [0.25, 0.3) is 0 Å². The minimum atomic E-state index is -0.516.